The molecule has 1 amide bonds. The number of hydrogen-bond donors (Lipinski definition) is 0. The molecular formula is C14H18N2O3. The number of anilines is 2. The van der Waals surface area contributed by atoms with Crippen LogP contribution in [0.15, 0.2) is 24.3 Å². The highest BCUT2D eigenvalue weighted by atomic mass is 16.5. The topological polar surface area (TPSA) is 49.9 Å². The molecule has 1 aromatic carbocycles. The van der Waals surface area contributed by atoms with Crippen LogP contribution in [0.2, 0.25) is 0 Å². The molecule has 0 unspecified atom stereocenters. The normalized spacial score (nSPS) is 18.6. The molecule has 0 N–H and O–H groups in total. The summed E-state index contributed by atoms with van der Waals surface area (Å²) >= 11 is 0. The predicted octanol–water partition coefficient (Wildman–Crippen LogP) is 1.28. The zero-order chi connectivity index (χ0) is 14.0. The molecule has 2 rings (SSSR count). The van der Waals surface area contributed by atoms with Gasteiger partial charge in [0.25, 0.3) is 0 Å². The highest BCUT2D eigenvalue weighted by Crippen LogP contribution is 2.27. The van der Waals surface area contributed by atoms with Gasteiger partial charge in [-0.15, -0.1) is 0 Å². The summed E-state index contributed by atoms with van der Waals surface area (Å²) in [6, 6.07) is 7.70. The summed E-state index contributed by atoms with van der Waals surface area (Å²) in [5.41, 5.74) is 1.89. The lowest BCUT2D eigenvalue weighted by Gasteiger charge is -2.18. The lowest BCUT2D eigenvalue weighted by atomic mass is 10.1. The predicted molar refractivity (Wildman–Crippen MR) is 73.2 cm³/mol. The van der Waals surface area contributed by atoms with Gasteiger partial charge in [-0.05, 0) is 24.3 Å². The molecule has 1 aromatic rings. The Kier molecular flexibility index (Phi) is 3.74. The van der Waals surface area contributed by atoms with Gasteiger partial charge < -0.3 is 14.5 Å². The Bertz CT molecular complexity index is 482. The maximum atomic E-state index is 11.9. The Balaban J connectivity index is 2.14. The first kappa shape index (κ1) is 13.4. The number of esters is 1. The monoisotopic (exact) mass is 262 g/mol. The number of nitrogens with zero attached hydrogens (tertiary/aromatic N) is 2. The molecular weight excluding hydrogens is 244 g/mol. The second kappa shape index (κ2) is 5.30. The molecule has 102 valence electrons. The lowest BCUT2D eigenvalue weighted by molar-refractivity contribution is -0.145. The van der Waals surface area contributed by atoms with Crippen molar-refractivity contribution in [2.75, 3.05) is 37.5 Å². The van der Waals surface area contributed by atoms with Gasteiger partial charge in [0.1, 0.15) is 0 Å². The van der Waals surface area contributed by atoms with E-state index in [1.54, 1.807) is 4.90 Å². The summed E-state index contributed by atoms with van der Waals surface area (Å²) in [6.45, 7) is 0.396. The number of benzene rings is 1. The molecule has 1 saturated heterocycles. The molecule has 19 heavy (non-hydrogen) atoms. The van der Waals surface area contributed by atoms with Crippen LogP contribution in [0.1, 0.15) is 6.42 Å². The van der Waals surface area contributed by atoms with Gasteiger partial charge in [-0.25, -0.2) is 0 Å². The van der Waals surface area contributed by atoms with Crippen molar-refractivity contribution in [2.24, 2.45) is 5.92 Å². The van der Waals surface area contributed by atoms with Crippen molar-refractivity contribution < 1.29 is 14.3 Å². The summed E-state index contributed by atoms with van der Waals surface area (Å²) in [5, 5.41) is 0. The van der Waals surface area contributed by atoms with Crippen LogP contribution < -0.4 is 9.80 Å². The summed E-state index contributed by atoms with van der Waals surface area (Å²) < 4.78 is 4.69. The Morgan fingerprint density at radius 1 is 1.32 bits per heavy atom. The SMILES string of the molecule is COC(=O)[C@H]1CC(=O)N(c2ccc(N(C)C)cc2)C1. The van der Waals surface area contributed by atoms with Crippen LogP contribution in [0.25, 0.3) is 0 Å². The number of methoxy groups -OCH3 is 1. The Morgan fingerprint density at radius 2 is 1.95 bits per heavy atom. The number of carbonyl (C=O) groups is 2. The van der Waals surface area contributed by atoms with E-state index >= 15 is 0 Å². The molecule has 0 spiro atoms. The molecule has 1 aliphatic heterocycles. The maximum Gasteiger partial charge on any atom is 0.311 e. The van der Waals surface area contributed by atoms with Crippen molar-refractivity contribution in [3.05, 3.63) is 24.3 Å². The molecule has 0 aromatic heterocycles. The van der Waals surface area contributed by atoms with Gasteiger partial charge in [-0.3, -0.25) is 9.59 Å². The molecule has 1 heterocycles. The van der Waals surface area contributed by atoms with Gasteiger partial charge in [-0.2, -0.15) is 0 Å². The number of hydrogen-bond acceptors (Lipinski definition) is 4. The van der Waals surface area contributed by atoms with E-state index < -0.39 is 0 Å². The molecule has 1 aliphatic rings. The zero-order valence-electron chi connectivity index (χ0n) is 11.4. The van der Waals surface area contributed by atoms with Gasteiger partial charge in [0.05, 0.1) is 13.0 Å². The molecule has 0 radical (unpaired) electrons. The average molecular weight is 262 g/mol. The third-order valence-electron chi connectivity index (χ3n) is 3.34. The van der Waals surface area contributed by atoms with Crippen LogP contribution in [0.4, 0.5) is 11.4 Å². The van der Waals surface area contributed by atoms with Crippen molar-refractivity contribution in [1.82, 2.24) is 0 Å². The second-order valence-corrected chi connectivity index (χ2v) is 4.84. The van der Waals surface area contributed by atoms with Gasteiger partial charge in [0.15, 0.2) is 0 Å². The Labute approximate surface area is 112 Å². The molecule has 1 fully saturated rings. The highest BCUT2D eigenvalue weighted by Gasteiger charge is 2.35. The van der Waals surface area contributed by atoms with Crippen molar-refractivity contribution in [1.29, 1.82) is 0 Å². The van der Waals surface area contributed by atoms with E-state index in [4.69, 9.17) is 4.74 Å². The minimum absolute atomic E-state index is 0.0343. The lowest BCUT2D eigenvalue weighted by Crippen LogP contribution is -2.26. The highest BCUT2D eigenvalue weighted by molar-refractivity contribution is 5.99. The fourth-order valence-electron chi connectivity index (χ4n) is 2.21. The molecule has 5 heteroatoms. The molecule has 0 bridgehead atoms. The largest absolute Gasteiger partial charge is 0.469 e. The van der Waals surface area contributed by atoms with Gasteiger partial charge in [-0.1, -0.05) is 0 Å². The fraction of sp³-hybridized carbons (Fsp3) is 0.429. The van der Waals surface area contributed by atoms with Crippen LogP contribution in [-0.2, 0) is 14.3 Å². The van der Waals surface area contributed by atoms with E-state index in [0.717, 1.165) is 11.4 Å². The average Bonchev–Trinajstić information content (AvgIpc) is 2.80. The fourth-order valence-corrected chi connectivity index (χ4v) is 2.21. The van der Waals surface area contributed by atoms with E-state index in [0.29, 0.717) is 6.54 Å². The standard InChI is InChI=1S/C14H18N2O3/c1-15(2)11-4-6-12(7-5-11)16-9-10(8-13(16)17)14(18)19-3/h4-7,10H,8-9H2,1-3H3/t10-/m0/s1. The van der Waals surface area contributed by atoms with E-state index in [1.807, 2.05) is 43.3 Å². The van der Waals surface area contributed by atoms with E-state index in [-0.39, 0.29) is 24.2 Å². The van der Waals surface area contributed by atoms with E-state index in [9.17, 15) is 9.59 Å². The molecule has 0 aliphatic carbocycles. The van der Waals surface area contributed by atoms with Crippen molar-refractivity contribution in [3.63, 3.8) is 0 Å². The third kappa shape index (κ3) is 2.70. The zero-order valence-corrected chi connectivity index (χ0v) is 11.4. The number of carbonyl (C=O) groups excluding carboxylic acids is 2. The second-order valence-electron chi connectivity index (χ2n) is 4.84. The molecule has 0 saturated carbocycles. The van der Waals surface area contributed by atoms with Crippen LogP contribution in [0, 0.1) is 5.92 Å². The van der Waals surface area contributed by atoms with Crippen molar-refractivity contribution >= 4 is 23.3 Å². The first-order chi connectivity index (χ1) is 9.02. The summed E-state index contributed by atoms with van der Waals surface area (Å²) in [5.74, 6) is -0.709. The summed E-state index contributed by atoms with van der Waals surface area (Å²) in [4.78, 5) is 27.0. The number of amides is 1. The van der Waals surface area contributed by atoms with Gasteiger partial charge >= 0.3 is 5.97 Å². The first-order valence-corrected chi connectivity index (χ1v) is 6.18. The Morgan fingerprint density at radius 3 is 2.47 bits per heavy atom. The quantitative estimate of drug-likeness (QED) is 0.770. The Hall–Kier alpha value is -2.04. The van der Waals surface area contributed by atoms with Crippen LogP contribution in [0.3, 0.4) is 0 Å². The molecule has 5 nitrogen and oxygen atoms in total. The molecule has 1 atom stereocenters. The number of ether oxygens (including phenoxy) is 1. The summed E-state index contributed by atoms with van der Waals surface area (Å²) in [6.07, 6.45) is 0.224. The number of rotatable bonds is 3. The van der Waals surface area contributed by atoms with Crippen LogP contribution in [0.5, 0.6) is 0 Å². The van der Waals surface area contributed by atoms with Gasteiger partial charge in [0, 0.05) is 38.4 Å². The van der Waals surface area contributed by atoms with Crippen LogP contribution in [-0.4, -0.2) is 39.6 Å². The smallest absolute Gasteiger partial charge is 0.311 e. The van der Waals surface area contributed by atoms with Gasteiger partial charge in [0.2, 0.25) is 5.91 Å². The van der Waals surface area contributed by atoms with Crippen LogP contribution >= 0.6 is 0 Å². The minimum atomic E-state index is -0.356. The maximum absolute atomic E-state index is 11.9. The van der Waals surface area contributed by atoms with Crippen molar-refractivity contribution in [2.45, 2.75) is 6.42 Å². The first-order valence-electron chi connectivity index (χ1n) is 6.18. The minimum Gasteiger partial charge on any atom is -0.469 e. The summed E-state index contributed by atoms with van der Waals surface area (Å²) in [7, 11) is 5.27. The van der Waals surface area contributed by atoms with Crippen molar-refractivity contribution in [3.8, 4) is 0 Å². The van der Waals surface area contributed by atoms with E-state index in [2.05, 4.69) is 0 Å². The van der Waals surface area contributed by atoms with E-state index in [1.165, 1.54) is 7.11 Å². The third-order valence-corrected chi connectivity index (χ3v) is 3.34.